The van der Waals surface area contributed by atoms with Gasteiger partial charge in [-0.2, -0.15) is 0 Å². The first-order chi connectivity index (χ1) is 7.29. The zero-order valence-corrected chi connectivity index (χ0v) is 8.42. The largest absolute Gasteiger partial charge is 0.504 e. The Balaban J connectivity index is 2.22. The second kappa shape index (κ2) is 4.04. The first kappa shape index (κ1) is 9.58. The van der Waals surface area contributed by atoms with E-state index in [4.69, 9.17) is 4.74 Å². The number of aromatic nitrogens is 2. The van der Waals surface area contributed by atoms with E-state index in [1.165, 1.54) is 7.11 Å². The summed E-state index contributed by atoms with van der Waals surface area (Å²) in [5.41, 5.74) is 1.06. The first-order valence-corrected chi connectivity index (χ1v) is 4.61. The second-order valence-electron chi connectivity index (χ2n) is 3.24. The van der Waals surface area contributed by atoms with Crippen LogP contribution in [0.1, 0.15) is 5.56 Å². The molecule has 2 aromatic rings. The van der Waals surface area contributed by atoms with Crippen molar-refractivity contribution in [1.29, 1.82) is 0 Å². The summed E-state index contributed by atoms with van der Waals surface area (Å²) in [6.07, 6.45) is 5.37. The van der Waals surface area contributed by atoms with Gasteiger partial charge in [0.15, 0.2) is 11.5 Å². The van der Waals surface area contributed by atoms with Crippen LogP contribution < -0.4 is 4.74 Å². The molecule has 0 unspecified atom stereocenters. The minimum atomic E-state index is 0.159. The zero-order valence-electron chi connectivity index (χ0n) is 8.42. The van der Waals surface area contributed by atoms with E-state index in [1.54, 1.807) is 18.6 Å². The van der Waals surface area contributed by atoms with E-state index in [9.17, 15) is 5.11 Å². The summed E-state index contributed by atoms with van der Waals surface area (Å²) in [5, 5.41) is 9.42. The number of benzene rings is 1. The molecule has 0 aliphatic carbocycles. The van der Waals surface area contributed by atoms with Crippen molar-refractivity contribution >= 4 is 0 Å². The number of nitrogens with zero attached hydrogens (tertiary/aromatic N) is 2. The Labute approximate surface area is 87.8 Å². The maximum Gasteiger partial charge on any atom is 0.160 e. The van der Waals surface area contributed by atoms with Crippen molar-refractivity contribution in [3.63, 3.8) is 0 Å². The summed E-state index contributed by atoms with van der Waals surface area (Å²) in [7, 11) is 1.54. The molecule has 0 aliphatic heterocycles. The highest BCUT2D eigenvalue weighted by molar-refractivity contribution is 5.41. The molecular weight excluding hydrogens is 192 g/mol. The Morgan fingerprint density at radius 2 is 2.33 bits per heavy atom. The maximum absolute atomic E-state index is 9.42. The molecule has 1 heterocycles. The second-order valence-corrected chi connectivity index (χ2v) is 3.24. The van der Waals surface area contributed by atoms with E-state index in [0.29, 0.717) is 5.75 Å². The lowest BCUT2D eigenvalue weighted by Gasteiger charge is -2.06. The van der Waals surface area contributed by atoms with Gasteiger partial charge in [0.2, 0.25) is 0 Å². The van der Waals surface area contributed by atoms with Crippen LogP contribution in [-0.2, 0) is 6.54 Å². The molecule has 1 aromatic carbocycles. The molecule has 15 heavy (non-hydrogen) atoms. The molecule has 0 atom stereocenters. The standard InChI is InChI=1S/C11H12N2O2/c1-15-11-6-9(2-3-10(11)14)7-13-5-4-12-8-13/h2-6,8,14H,7H2,1H3. The van der Waals surface area contributed by atoms with Gasteiger partial charge in [0.1, 0.15) is 0 Å². The van der Waals surface area contributed by atoms with Crippen LogP contribution >= 0.6 is 0 Å². The number of ether oxygens (including phenoxy) is 1. The van der Waals surface area contributed by atoms with Gasteiger partial charge in [-0.05, 0) is 17.7 Å². The molecule has 0 aliphatic rings. The Bertz CT molecular complexity index is 438. The molecule has 0 saturated heterocycles. The van der Waals surface area contributed by atoms with Gasteiger partial charge in [-0.1, -0.05) is 6.07 Å². The molecule has 0 radical (unpaired) electrons. The predicted molar refractivity (Wildman–Crippen MR) is 56.0 cm³/mol. The van der Waals surface area contributed by atoms with E-state index in [2.05, 4.69) is 4.98 Å². The highest BCUT2D eigenvalue weighted by atomic mass is 16.5. The molecule has 0 saturated carbocycles. The van der Waals surface area contributed by atoms with Gasteiger partial charge in [-0.3, -0.25) is 0 Å². The Kier molecular flexibility index (Phi) is 2.58. The van der Waals surface area contributed by atoms with Gasteiger partial charge < -0.3 is 14.4 Å². The van der Waals surface area contributed by atoms with Crippen molar-refractivity contribution in [3.8, 4) is 11.5 Å². The van der Waals surface area contributed by atoms with E-state index >= 15 is 0 Å². The molecule has 4 nitrogen and oxygen atoms in total. The normalized spacial score (nSPS) is 10.2. The fourth-order valence-corrected chi connectivity index (χ4v) is 1.41. The third-order valence-electron chi connectivity index (χ3n) is 2.17. The average molecular weight is 204 g/mol. The Morgan fingerprint density at radius 3 is 3.00 bits per heavy atom. The van der Waals surface area contributed by atoms with Gasteiger partial charge in [0, 0.05) is 18.9 Å². The van der Waals surface area contributed by atoms with Gasteiger partial charge in [-0.15, -0.1) is 0 Å². The minimum absolute atomic E-state index is 0.159. The SMILES string of the molecule is COc1cc(Cn2ccnc2)ccc1O. The van der Waals surface area contributed by atoms with E-state index in [0.717, 1.165) is 12.1 Å². The molecular formula is C11H12N2O2. The van der Waals surface area contributed by atoms with Gasteiger partial charge in [-0.25, -0.2) is 4.98 Å². The number of rotatable bonds is 3. The number of methoxy groups -OCH3 is 1. The van der Waals surface area contributed by atoms with E-state index in [1.807, 2.05) is 22.9 Å². The highest BCUT2D eigenvalue weighted by Gasteiger charge is 2.02. The van der Waals surface area contributed by atoms with Crippen molar-refractivity contribution in [1.82, 2.24) is 9.55 Å². The van der Waals surface area contributed by atoms with Crippen LogP contribution in [-0.4, -0.2) is 21.8 Å². The summed E-state index contributed by atoms with van der Waals surface area (Å²) in [6.45, 7) is 0.719. The lowest BCUT2D eigenvalue weighted by Crippen LogP contribution is -1.96. The number of phenolic OH excluding ortho intramolecular Hbond substituents is 1. The lowest BCUT2D eigenvalue weighted by atomic mass is 10.2. The van der Waals surface area contributed by atoms with Crippen LogP contribution in [0.3, 0.4) is 0 Å². The van der Waals surface area contributed by atoms with Gasteiger partial charge in [0.25, 0.3) is 0 Å². The molecule has 2 rings (SSSR count). The van der Waals surface area contributed by atoms with Crippen LogP contribution in [0.2, 0.25) is 0 Å². The number of hydrogen-bond acceptors (Lipinski definition) is 3. The van der Waals surface area contributed by atoms with Crippen molar-refractivity contribution in [2.45, 2.75) is 6.54 Å². The van der Waals surface area contributed by atoms with Crippen LogP contribution in [0, 0.1) is 0 Å². The molecule has 78 valence electrons. The Morgan fingerprint density at radius 1 is 1.47 bits per heavy atom. The highest BCUT2D eigenvalue weighted by Crippen LogP contribution is 2.26. The summed E-state index contributed by atoms with van der Waals surface area (Å²) >= 11 is 0. The molecule has 1 N–H and O–H groups in total. The fourth-order valence-electron chi connectivity index (χ4n) is 1.41. The summed E-state index contributed by atoms with van der Waals surface area (Å²) in [6, 6.07) is 5.30. The fraction of sp³-hybridized carbons (Fsp3) is 0.182. The molecule has 4 heteroatoms. The number of phenols is 1. The van der Waals surface area contributed by atoms with Crippen LogP contribution in [0.15, 0.2) is 36.9 Å². The topological polar surface area (TPSA) is 47.3 Å². The summed E-state index contributed by atoms with van der Waals surface area (Å²) in [5.74, 6) is 0.652. The molecule has 0 bridgehead atoms. The summed E-state index contributed by atoms with van der Waals surface area (Å²) in [4.78, 5) is 3.96. The summed E-state index contributed by atoms with van der Waals surface area (Å²) < 4.78 is 6.98. The lowest BCUT2D eigenvalue weighted by molar-refractivity contribution is 0.373. The minimum Gasteiger partial charge on any atom is -0.504 e. The molecule has 0 amide bonds. The molecule has 0 spiro atoms. The van der Waals surface area contributed by atoms with Crippen molar-refractivity contribution in [2.24, 2.45) is 0 Å². The Hall–Kier alpha value is -1.97. The van der Waals surface area contributed by atoms with Gasteiger partial charge in [0.05, 0.1) is 13.4 Å². The van der Waals surface area contributed by atoms with Gasteiger partial charge >= 0.3 is 0 Å². The predicted octanol–water partition coefficient (Wildman–Crippen LogP) is 1.65. The van der Waals surface area contributed by atoms with Crippen molar-refractivity contribution in [3.05, 3.63) is 42.5 Å². The number of imidazole rings is 1. The van der Waals surface area contributed by atoms with Crippen molar-refractivity contribution < 1.29 is 9.84 Å². The number of hydrogen-bond donors (Lipinski definition) is 1. The quantitative estimate of drug-likeness (QED) is 0.826. The van der Waals surface area contributed by atoms with Crippen molar-refractivity contribution in [2.75, 3.05) is 7.11 Å². The zero-order chi connectivity index (χ0) is 10.7. The third-order valence-corrected chi connectivity index (χ3v) is 2.17. The monoisotopic (exact) mass is 204 g/mol. The molecule has 1 aromatic heterocycles. The van der Waals surface area contributed by atoms with Crippen LogP contribution in [0.4, 0.5) is 0 Å². The first-order valence-electron chi connectivity index (χ1n) is 4.61. The average Bonchev–Trinajstić information content (AvgIpc) is 2.73. The van der Waals surface area contributed by atoms with Crippen LogP contribution in [0.5, 0.6) is 11.5 Å². The van der Waals surface area contributed by atoms with E-state index < -0.39 is 0 Å². The molecule has 0 fully saturated rings. The number of aromatic hydroxyl groups is 1. The third kappa shape index (κ3) is 2.10. The maximum atomic E-state index is 9.42. The van der Waals surface area contributed by atoms with Crippen LogP contribution in [0.25, 0.3) is 0 Å². The van der Waals surface area contributed by atoms with E-state index in [-0.39, 0.29) is 5.75 Å². The smallest absolute Gasteiger partial charge is 0.160 e.